The van der Waals surface area contributed by atoms with Gasteiger partial charge in [-0.1, -0.05) is 0 Å². The van der Waals surface area contributed by atoms with Gasteiger partial charge in [0.2, 0.25) is 0 Å². The molecule has 28 heavy (non-hydrogen) atoms. The third kappa shape index (κ3) is 4.56. The van der Waals surface area contributed by atoms with E-state index in [1.165, 1.54) is 23.7 Å². The molecule has 0 aliphatic rings. The maximum absolute atomic E-state index is 12.4. The number of rotatable bonds is 5. The number of fused-ring (bicyclic) bond motifs is 1. The molecule has 10 heteroatoms. The molecule has 1 unspecified atom stereocenters. The van der Waals surface area contributed by atoms with E-state index in [1.807, 2.05) is 6.07 Å². The summed E-state index contributed by atoms with van der Waals surface area (Å²) in [5.41, 5.74) is 0.0762. The fourth-order valence-corrected chi connectivity index (χ4v) is 2.54. The Balaban J connectivity index is 1.72. The Morgan fingerprint density at radius 2 is 1.96 bits per heavy atom. The second kappa shape index (κ2) is 7.19. The largest absolute Gasteiger partial charge is 0.573 e. The third-order valence-corrected chi connectivity index (χ3v) is 3.79. The van der Waals surface area contributed by atoms with Crippen molar-refractivity contribution in [3.63, 3.8) is 0 Å². The summed E-state index contributed by atoms with van der Waals surface area (Å²) < 4.78 is 41.9. The number of aromatic nitrogens is 3. The molecule has 0 fully saturated rings. The minimum Gasteiger partial charge on any atom is -0.406 e. The molecule has 0 saturated carbocycles. The Kier molecular flexibility index (Phi) is 4.92. The molecule has 1 atom stereocenters. The van der Waals surface area contributed by atoms with E-state index in [0.29, 0.717) is 11.0 Å². The van der Waals surface area contributed by atoms with Gasteiger partial charge < -0.3 is 10.1 Å². The van der Waals surface area contributed by atoms with Crippen molar-refractivity contribution in [2.24, 2.45) is 0 Å². The van der Waals surface area contributed by atoms with Gasteiger partial charge in [-0.2, -0.15) is 10.4 Å². The second-order valence-electron chi connectivity index (χ2n) is 6.20. The fourth-order valence-electron chi connectivity index (χ4n) is 2.54. The highest BCUT2D eigenvalue weighted by Gasteiger charge is 2.31. The molecular formula is C18H14F3N5O2. The summed E-state index contributed by atoms with van der Waals surface area (Å²) in [6.07, 6.45) is -1.54. The summed E-state index contributed by atoms with van der Waals surface area (Å²) in [4.78, 5) is 16.6. The molecule has 0 spiro atoms. The van der Waals surface area contributed by atoms with Crippen LogP contribution in [-0.2, 0) is 6.54 Å². The van der Waals surface area contributed by atoms with Gasteiger partial charge in [-0.3, -0.25) is 14.5 Å². The number of nitriles is 1. The molecule has 0 aliphatic carbocycles. The van der Waals surface area contributed by atoms with Gasteiger partial charge in [0.25, 0.3) is 5.91 Å². The Morgan fingerprint density at radius 1 is 1.25 bits per heavy atom. The van der Waals surface area contributed by atoms with Crippen LogP contribution >= 0.6 is 0 Å². The van der Waals surface area contributed by atoms with E-state index in [1.54, 1.807) is 24.5 Å². The zero-order valence-corrected chi connectivity index (χ0v) is 14.6. The van der Waals surface area contributed by atoms with E-state index in [2.05, 4.69) is 20.1 Å². The number of amides is 1. The van der Waals surface area contributed by atoms with Crippen LogP contribution in [0.1, 0.15) is 17.3 Å². The van der Waals surface area contributed by atoms with Gasteiger partial charge in [-0.05, 0) is 43.3 Å². The zero-order valence-electron chi connectivity index (χ0n) is 14.6. The Labute approximate surface area is 157 Å². The van der Waals surface area contributed by atoms with Crippen LogP contribution in [0, 0.1) is 11.3 Å². The summed E-state index contributed by atoms with van der Waals surface area (Å²) in [7, 11) is 0. The van der Waals surface area contributed by atoms with E-state index in [9.17, 15) is 23.2 Å². The number of ether oxygens (including phenoxy) is 1. The number of hydrogen-bond donors (Lipinski definition) is 1. The second-order valence-corrected chi connectivity index (χ2v) is 6.20. The highest BCUT2D eigenvalue weighted by molar-refractivity contribution is 5.95. The lowest BCUT2D eigenvalue weighted by atomic mass is 10.0. The van der Waals surface area contributed by atoms with Crippen LogP contribution < -0.4 is 10.1 Å². The monoisotopic (exact) mass is 389 g/mol. The molecule has 1 N–H and O–H groups in total. The van der Waals surface area contributed by atoms with Crippen LogP contribution in [0.25, 0.3) is 11.0 Å². The Morgan fingerprint density at radius 3 is 2.57 bits per heavy atom. The molecule has 1 amide bonds. The predicted octanol–water partition coefficient (Wildman–Crippen LogP) is 3.04. The van der Waals surface area contributed by atoms with Crippen LogP contribution in [0.5, 0.6) is 5.75 Å². The fraction of sp³-hybridized carbons (Fsp3) is 0.222. The summed E-state index contributed by atoms with van der Waals surface area (Å²) in [6, 6.07) is 9.94. The standard InChI is InChI=1S/C18H14F3N5O2/c1-17(10-22,11-26-9-15-14(25-26)3-2-8-23-15)24-16(27)12-4-6-13(7-5-12)28-18(19,20)21/h2-9H,11H2,1H3,(H,24,27). The molecule has 3 rings (SSSR count). The number of halogens is 3. The van der Waals surface area contributed by atoms with E-state index in [-0.39, 0.29) is 12.1 Å². The van der Waals surface area contributed by atoms with E-state index >= 15 is 0 Å². The quantitative estimate of drug-likeness (QED) is 0.724. The number of nitrogens with one attached hydrogen (secondary N) is 1. The number of hydrogen-bond acceptors (Lipinski definition) is 5. The molecule has 0 saturated heterocycles. The number of pyridine rings is 1. The lowest BCUT2D eigenvalue weighted by Gasteiger charge is -2.23. The van der Waals surface area contributed by atoms with Crippen LogP contribution in [0.3, 0.4) is 0 Å². The van der Waals surface area contributed by atoms with Crippen LogP contribution in [0.4, 0.5) is 13.2 Å². The van der Waals surface area contributed by atoms with Crippen molar-refractivity contribution >= 4 is 16.9 Å². The van der Waals surface area contributed by atoms with E-state index in [4.69, 9.17) is 0 Å². The first-order valence-corrected chi connectivity index (χ1v) is 8.05. The molecule has 0 bridgehead atoms. The van der Waals surface area contributed by atoms with Gasteiger partial charge in [-0.25, -0.2) is 0 Å². The lowest BCUT2D eigenvalue weighted by Crippen LogP contribution is -2.48. The summed E-state index contributed by atoms with van der Waals surface area (Å²) in [5.74, 6) is -1.06. The van der Waals surface area contributed by atoms with Crippen molar-refractivity contribution < 1.29 is 22.7 Å². The van der Waals surface area contributed by atoms with E-state index < -0.39 is 23.6 Å². The molecule has 7 nitrogen and oxygen atoms in total. The molecule has 144 valence electrons. The third-order valence-electron chi connectivity index (χ3n) is 3.79. The molecule has 2 aromatic heterocycles. The SMILES string of the molecule is CC(C#N)(Cn1cc2ncccc2n1)NC(=O)c1ccc(OC(F)(F)F)cc1. The van der Waals surface area contributed by atoms with Crippen molar-refractivity contribution in [3.8, 4) is 11.8 Å². The number of alkyl halides is 3. The predicted molar refractivity (Wildman–Crippen MR) is 92.1 cm³/mol. The average Bonchev–Trinajstić information content (AvgIpc) is 3.02. The van der Waals surface area contributed by atoms with Gasteiger partial charge in [0.1, 0.15) is 22.3 Å². The molecule has 0 aliphatic heterocycles. The zero-order chi connectivity index (χ0) is 20.4. The molecule has 2 heterocycles. The number of nitrogens with zero attached hydrogens (tertiary/aromatic N) is 4. The van der Waals surface area contributed by atoms with Gasteiger partial charge >= 0.3 is 6.36 Å². The summed E-state index contributed by atoms with van der Waals surface area (Å²) in [6.45, 7) is 1.58. The lowest BCUT2D eigenvalue weighted by molar-refractivity contribution is -0.274. The Bertz CT molecular complexity index is 1010. The summed E-state index contributed by atoms with van der Waals surface area (Å²) in [5, 5.41) is 16.4. The highest BCUT2D eigenvalue weighted by atomic mass is 19.4. The minimum atomic E-state index is -4.81. The molecule has 1 aromatic carbocycles. The van der Waals surface area contributed by atoms with Crippen LogP contribution in [0.15, 0.2) is 48.8 Å². The van der Waals surface area contributed by atoms with Gasteiger partial charge in [0.05, 0.1) is 18.8 Å². The summed E-state index contributed by atoms with van der Waals surface area (Å²) >= 11 is 0. The van der Waals surface area contributed by atoms with Crippen molar-refractivity contribution in [3.05, 3.63) is 54.4 Å². The first kappa shape index (κ1) is 19.2. The van der Waals surface area contributed by atoms with Crippen molar-refractivity contribution in [1.82, 2.24) is 20.1 Å². The molecule has 0 radical (unpaired) electrons. The number of carbonyl (C=O) groups is 1. The highest BCUT2D eigenvalue weighted by Crippen LogP contribution is 2.23. The molecule has 3 aromatic rings. The topological polar surface area (TPSA) is 92.8 Å². The smallest absolute Gasteiger partial charge is 0.406 e. The van der Waals surface area contributed by atoms with Crippen molar-refractivity contribution in [2.45, 2.75) is 25.4 Å². The minimum absolute atomic E-state index is 0.0564. The first-order valence-electron chi connectivity index (χ1n) is 8.05. The average molecular weight is 389 g/mol. The molecular weight excluding hydrogens is 375 g/mol. The normalized spacial score (nSPS) is 13.5. The van der Waals surface area contributed by atoms with Crippen molar-refractivity contribution in [2.75, 3.05) is 0 Å². The number of benzene rings is 1. The first-order chi connectivity index (χ1) is 13.2. The van der Waals surface area contributed by atoms with Gasteiger partial charge in [0, 0.05) is 11.8 Å². The number of carbonyl (C=O) groups excluding carboxylic acids is 1. The maximum atomic E-state index is 12.4. The van der Waals surface area contributed by atoms with Crippen LogP contribution in [0.2, 0.25) is 0 Å². The van der Waals surface area contributed by atoms with E-state index in [0.717, 1.165) is 12.1 Å². The van der Waals surface area contributed by atoms with Crippen molar-refractivity contribution in [1.29, 1.82) is 5.26 Å². The van der Waals surface area contributed by atoms with Gasteiger partial charge in [-0.15, -0.1) is 13.2 Å². The van der Waals surface area contributed by atoms with Gasteiger partial charge in [0.15, 0.2) is 0 Å². The Hall–Kier alpha value is -3.61. The maximum Gasteiger partial charge on any atom is 0.573 e. The van der Waals surface area contributed by atoms with Crippen LogP contribution in [-0.4, -0.2) is 32.6 Å².